The van der Waals surface area contributed by atoms with Gasteiger partial charge in [0.15, 0.2) is 0 Å². The third kappa shape index (κ3) is 3.77. The van der Waals surface area contributed by atoms with Crippen molar-refractivity contribution in [2.45, 2.75) is 100 Å². The summed E-state index contributed by atoms with van der Waals surface area (Å²) in [4.78, 5) is 0. The van der Waals surface area contributed by atoms with Gasteiger partial charge in [0.1, 0.15) is 36.9 Å². The van der Waals surface area contributed by atoms with Gasteiger partial charge in [-0.25, -0.2) is 0 Å². The van der Waals surface area contributed by atoms with Crippen LogP contribution in [0, 0.1) is 35.5 Å². The second-order valence-corrected chi connectivity index (χ2v) is 15.9. The highest BCUT2D eigenvalue weighted by Crippen LogP contribution is 2.65. The van der Waals surface area contributed by atoms with Crippen LogP contribution >= 0.6 is 0 Å². The molecule has 10 aliphatic rings. The molecule has 12 rings (SSSR count). The predicted octanol–water partition coefficient (Wildman–Crippen LogP) is 7.33. The highest BCUT2D eigenvalue weighted by atomic mass is 16.6. The van der Waals surface area contributed by atoms with Crippen molar-refractivity contribution in [3.05, 3.63) is 35.4 Å². The first-order valence-electron chi connectivity index (χ1n) is 16.7. The molecule has 2 aromatic rings. The molecule has 2 unspecified atom stereocenters. The van der Waals surface area contributed by atoms with E-state index in [0.717, 1.165) is 60.2 Å². The Morgan fingerprint density at radius 1 is 0.600 bits per heavy atom. The van der Waals surface area contributed by atoms with Gasteiger partial charge in [0.05, 0.1) is 13.2 Å². The van der Waals surface area contributed by atoms with E-state index in [0.29, 0.717) is 24.0 Å². The standard InChI is InChI=1S/C36H44O4/c1-2-32(36-14-24-6-25(15-36)8-26(7-24)16-36)34-30(31(1)35-11-21-3-22(12-35)5-23(4-21)13-35)9-27(37-17-28-18-38-28)10-33(34)40-20-29-19-39-29/h1-2,9-10,21-26,28-29H,3-8,11-20H2. The zero-order chi connectivity index (χ0) is 26.1. The minimum Gasteiger partial charge on any atom is -0.491 e. The van der Waals surface area contributed by atoms with Gasteiger partial charge in [-0.05, 0) is 146 Å². The maximum Gasteiger partial charge on any atom is 0.131 e. The molecule has 40 heavy (non-hydrogen) atoms. The zero-order valence-corrected chi connectivity index (χ0v) is 23.9. The first-order chi connectivity index (χ1) is 19.6. The number of hydrogen-bond donors (Lipinski definition) is 0. The molecule has 2 heterocycles. The van der Waals surface area contributed by atoms with E-state index in [9.17, 15) is 0 Å². The third-order valence-electron chi connectivity index (χ3n) is 12.9. The van der Waals surface area contributed by atoms with Crippen molar-refractivity contribution < 1.29 is 18.9 Å². The fraction of sp³-hybridized carbons (Fsp3) is 0.722. The number of rotatable bonds is 8. The average Bonchev–Trinajstić information content (AvgIpc) is 3.84. The van der Waals surface area contributed by atoms with E-state index in [1.165, 1.54) is 87.8 Å². The van der Waals surface area contributed by atoms with E-state index >= 15 is 0 Å². The van der Waals surface area contributed by atoms with Gasteiger partial charge >= 0.3 is 0 Å². The summed E-state index contributed by atoms with van der Waals surface area (Å²) in [5, 5.41) is 2.89. The summed E-state index contributed by atoms with van der Waals surface area (Å²) in [6.45, 7) is 2.93. The van der Waals surface area contributed by atoms with E-state index in [1.807, 2.05) is 0 Å². The molecule has 4 nitrogen and oxygen atoms in total. The predicted molar refractivity (Wildman–Crippen MR) is 154 cm³/mol. The van der Waals surface area contributed by atoms with E-state index < -0.39 is 0 Å². The fourth-order valence-corrected chi connectivity index (χ4v) is 12.1. The Bertz CT molecular complexity index is 1280. The SMILES string of the molecule is c1cc(C23CC4CC(CC(C4)C2)C3)c2c(OCC3CO3)cc(OCC3CO3)cc2c1C12CC3CC(CC(C3)C1)C2. The fourth-order valence-electron chi connectivity index (χ4n) is 12.1. The maximum absolute atomic E-state index is 6.75. The highest BCUT2D eigenvalue weighted by Gasteiger charge is 2.54. The zero-order valence-electron chi connectivity index (χ0n) is 23.9. The monoisotopic (exact) mass is 540 g/mol. The van der Waals surface area contributed by atoms with Gasteiger partial charge < -0.3 is 18.9 Å². The quantitative estimate of drug-likeness (QED) is 0.329. The summed E-state index contributed by atoms with van der Waals surface area (Å²) in [6.07, 6.45) is 17.7. The van der Waals surface area contributed by atoms with Crippen molar-refractivity contribution in [1.82, 2.24) is 0 Å². The second-order valence-electron chi connectivity index (χ2n) is 15.9. The number of hydrogen-bond acceptors (Lipinski definition) is 4. The topological polar surface area (TPSA) is 43.5 Å². The van der Waals surface area contributed by atoms with Crippen molar-refractivity contribution in [2.24, 2.45) is 35.5 Å². The second kappa shape index (κ2) is 8.40. The van der Waals surface area contributed by atoms with Crippen LogP contribution in [0.3, 0.4) is 0 Å². The van der Waals surface area contributed by atoms with Gasteiger partial charge in [-0.3, -0.25) is 0 Å². The minimum atomic E-state index is 0.244. The molecule has 0 aromatic heterocycles. The van der Waals surface area contributed by atoms with Crippen LogP contribution in [0.2, 0.25) is 0 Å². The van der Waals surface area contributed by atoms with Crippen LogP contribution in [0.25, 0.3) is 10.8 Å². The lowest BCUT2D eigenvalue weighted by Crippen LogP contribution is -2.49. The Labute approximate surface area is 238 Å². The van der Waals surface area contributed by atoms with Crippen LogP contribution in [0.15, 0.2) is 24.3 Å². The molecular formula is C36H44O4. The van der Waals surface area contributed by atoms with Crippen molar-refractivity contribution in [2.75, 3.05) is 26.4 Å². The van der Waals surface area contributed by atoms with E-state index in [4.69, 9.17) is 18.9 Å². The molecule has 8 bridgehead atoms. The Morgan fingerprint density at radius 2 is 1.05 bits per heavy atom. The lowest BCUT2D eigenvalue weighted by Gasteiger charge is -2.58. The summed E-state index contributed by atoms with van der Waals surface area (Å²) >= 11 is 0. The number of epoxide rings is 2. The molecule has 0 N–H and O–H groups in total. The summed E-state index contributed by atoms with van der Waals surface area (Å²) in [5.41, 5.74) is 3.89. The summed E-state index contributed by atoms with van der Waals surface area (Å²) in [5.74, 6) is 7.58. The molecule has 8 saturated carbocycles. The van der Waals surface area contributed by atoms with Gasteiger partial charge in [-0.2, -0.15) is 0 Å². The number of fused-ring (bicyclic) bond motifs is 1. The van der Waals surface area contributed by atoms with Gasteiger partial charge in [-0.1, -0.05) is 12.1 Å². The molecule has 0 radical (unpaired) electrons. The first kappa shape index (κ1) is 23.7. The maximum atomic E-state index is 6.75. The van der Waals surface area contributed by atoms with Crippen molar-refractivity contribution in [3.8, 4) is 11.5 Å². The lowest BCUT2D eigenvalue weighted by molar-refractivity contribution is -0.00594. The molecule has 0 amide bonds. The molecule has 2 atom stereocenters. The van der Waals surface area contributed by atoms with Crippen molar-refractivity contribution in [1.29, 1.82) is 0 Å². The van der Waals surface area contributed by atoms with Crippen LogP contribution in [0.4, 0.5) is 0 Å². The molecule has 2 aromatic carbocycles. The Kier molecular flexibility index (Phi) is 4.99. The molecular weight excluding hydrogens is 496 g/mol. The summed E-state index contributed by atoms with van der Waals surface area (Å²) in [6, 6.07) is 9.91. The van der Waals surface area contributed by atoms with E-state index in [2.05, 4.69) is 24.3 Å². The van der Waals surface area contributed by atoms with Crippen molar-refractivity contribution >= 4 is 10.8 Å². The van der Waals surface area contributed by atoms with Crippen LogP contribution < -0.4 is 9.47 Å². The smallest absolute Gasteiger partial charge is 0.131 e. The molecule has 2 saturated heterocycles. The Balaban J connectivity index is 1.17. The lowest BCUT2D eigenvalue weighted by atomic mass is 9.46. The van der Waals surface area contributed by atoms with Crippen LogP contribution in [-0.4, -0.2) is 38.6 Å². The van der Waals surface area contributed by atoms with Gasteiger partial charge in [0.25, 0.3) is 0 Å². The number of benzene rings is 2. The number of ether oxygens (including phenoxy) is 4. The first-order valence-corrected chi connectivity index (χ1v) is 16.7. The molecule has 10 fully saturated rings. The largest absolute Gasteiger partial charge is 0.491 e. The van der Waals surface area contributed by atoms with E-state index in [1.54, 1.807) is 11.1 Å². The van der Waals surface area contributed by atoms with Crippen molar-refractivity contribution in [3.63, 3.8) is 0 Å². The molecule has 0 spiro atoms. The normalized spacial score (nSPS) is 45.3. The summed E-state index contributed by atoms with van der Waals surface area (Å²) < 4.78 is 24.3. The van der Waals surface area contributed by atoms with Crippen LogP contribution in [0.5, 0.6) is 11.5 Å². The molecule has 212 valence electrons. The molecule has 4 heteroatoms. The average molecular weight is 541 g/mol. The van der Waals surface area contributed by atoms with Gasteiger partial charge in [0, 0.05) is 11.5 Å². The minimum absolute atomic E-state index is 0.244. The molecule has 2 aliphatic heterocycles. The van der Waals surface area contributed by atoms with Crippen LogP contribution in [-0.2, 0) is 20.3 Å². The van der Waals surface area contributed by atoms with E-state index in [-0.39, 0.29) is 12.2 Å². The Morgan fingerprint density at radius 3 is 1.55 bits per heavy atom. The van der Waals surface area contributed by atoms with Gasteiger partial charge in [-0.15, -0.1) is 0 Å². The molecule has 8 aliphatic carbocycles. The third-order valence-corrected chi connectivity index (χ3v) is 12.9. The Hall–Kier alpha value is -1.78. The highest BCUT2D eigenvalue weighted by molar-refractivity contribution is 5.97. The van der Waals surface area contributed by atoms with Gasteiger partial charge in [0.2, 0.25) is 0 Å². The van der Waals surface area contributed by atoms with Crippen LogP contribution in [0.1, 0.15) is 88.2 Å². The summed E-state index contributed by atoms with van der Waals surface area (Å²) in [7, 11) is 0.